The Balaban J connectivity index is 2.49. The molecular formula is C36H72O11. The van der Waals surface area contributed by atoms with E-state index in [4.69, 9.17) is 18.9 Å². The Morgan fingerprint density at radius 3 is 1.51 bits per heavy atom. The lowest BCUT2D eigenvalue weighted by atomic mass is 9.99. The molecule has 0 unspecified atom stereocenters. The van der Waals surface area contributed by atoms with E-state index in [9.17, 15) is 35.7 Å². The number of hydrogen-bond acceptors (Lipinski definition) is 11. The first kappa shape index (κ1) is 44.6. The van der Waals surface area contributed by atoms with Crippen LogP contribution < -0.4 is 0 Å². The predicted molar refractivity (Wildman–Crippen MR) is 182 cm³/mol. The van der Waals surface area contributed by atoms with Gasteiger partial charge in [-0.1, -0.05) is 129 Å². The molecule has 11 heteroatoms. The molecule has 9 atom stereocenters. The third kappa shape index (κ3) is 20.1. The van der Waals surface area contributed by atoms with Gasteiger partial charge in [-0.3, -0.25) is 0 Å². The van der Waals surface area contributed by atoms with Crippen molar-refractivity contribution in [2.45, 2.75) is 197 Å². The molecule has 47 heavy (non-hydrogen) atoms. The van der Waals surface area contributed by atoms with Gasteiger partial charge >= 0.3 is 0 Å². The van der Waals surface area contributed by atoms with Crippen molar-refractivity contribution in [2.24, 2.45) is 0 Å². The smallest absolute Gasteiger partial charge is 0.186 e. The van der Waals surface area contributed by atoms with E-state index in [1.807, 2.05) is 0 Å². The molecule has 0 bridgehead atoms. The van der Waals surface area contributed by atoms with E-state index >= 15 is 0 Å². The van der Waals surface area contributed by atoms with Gasteiger partial charge in [-0.15, -0.1) is 0 Å². The summed E-state index contributed by atoms with van der Waals surface area (Å²) in [6, 6.07) is 0. The molecule has 1 saturated heterocycles. The third-order valence-corrected chi connectivity index (χ3v) is 9.16. The Bertz CT molecular complexity index is 685. The minimum absolute atomic E-state index is 0.144. The van der Waals surface area contributed by atoms with Crippen LogP contribution in [0.4, 0.5) is 0 Å². The van der Waals surface area contributed by atoms with Crippen molar-refractivity contribution >= 4 is 0 Å². The van der Waals surface area contributed by atoms with E-state index in [1.54, 1.807) is 0 Å². The normalized spacial score (nSPS) is 24.3. The van der Waals surface area contributed by atoms with Gasteiger partial charge in [0.05, 0.1) is 19.8 Å². The Morgan fingerprint density at radius 2 is 1.02 bits per heavy atom. The summed E-state index contributed by atoms with van der Waals surface area (Å²) in [5.74, 6) is 0. The zero-order valence-electron chi connectivity index (χ0n) is 29.6. The standard InChI is InChI=1S/C36H72O11/c1-3-5-7-9-11-13-15-17-19-21-23-44-26-28(38)31(39)33(41)30(45-24-22-20-18-16-14-12-10-8-6-4-2)27-46-36-35(43)34(42)32(40)29(25-37)47-36/h28-43H,3-27H2,1-2H3/t28-,29+,30+,31+,32-,33+,34-,35+,36-/m0/s1. The number of aliphatic hydroxyl groups is 7. The summed E-state index contributed by atoms with van der Waals surface area (Å²) in [5.41, 5.74) is 0. The lowest BCUT2D eigenvalue weighted by molar-refractivity contribution is -0.308. The Hall–Kier alpha value is -0.440. The van der Waals surface area contributed by atoms with Crippen LogP contribution in [-0.2, 0) is 18.9 Å². The highest BCUT2D eigenvalue weighted by Crippen LogP contribution is 2.23. The SMILES string of the molecule is CCCCCCCCCCCCOC[C@H](O)[C@@H](O)[C@H](O)[C@@H](CO[C@H]1O[C@H](CO)[C@H](O)[C@H](O)[C@H]1O)OCCCCCCCCCCCC. The summed E-state index contributed by atoms with van der Waals surface area (Å²) in [6.45, 7) is 4.09. The molecule has 0 saturated carbocycles. The molecule has 7 N–H and O–H groups in total. The molecule has 1 fully saturated rings. The van der Waals surface area contributed by atoms with Gasteiger partial charge in [0.1, 0.15) is 48.8 Å². The lowest BCUT2D eigenvalue weighted by Crippen LogP contribution is -2.59. The highest BCUT2D eigenvalue weighted by molar-refractivity contribution is 4.89. The first-order valence-electron chi connectivity index (χ1n) is 18.9. The third-order valence-electron chi connectivity index (χ3n) is 9.16. The fourth-order valence-corrected chi connectivity index (χ4v) is 5.91. The van der Waals surface area contributed by atoms with Crippen LogP contribution in [0.15, 0.2) is 0 Å². The molecular weight excluding hydrogens is 608 g/mol. The van der Waals surface area contributed by atoms with Crippen LogP contribution in [0.3, 0.4) is 0 Å². The molecule has 0 amide bonds. The monoisotopic (exact) mass is 681 g/mol. The van der Waals surface area contributed by atoms with Crippen LogP contribution in [0.2, 0.25) is 0 Å². The van der Waals surface area contributed by atoms with Crippen LogP contribution in [0.25, 0.3) is 0 Å². The second-order valence-corrected chi connectivity index (χ2v) is 13.4. The molecule has 11 nitrogen and oxygen atoms in total. The molecule has 1 rings (SSSR count). The predicted octanol–water partition coefficient (Wildman–Crippen LogP) is 4.13. The highest BCUT2D eigenvalue weighted by Gasteiger charge is 2.44. The van der Waals surface area contributed by atoms with Gasteiger partial charge in [-0.05, 0) is 12.8 Å². The molecule has 1 aliphatic rings. The molecule has 282 valence electrons. The molecule has 0 radical (unpaired) electrons. The summed E-state index contributed by atoms with van der Waals surface area (Å²) in [5, 5.41) is 72.2. The minimum Gasteiger partial charge on any atom is -0.394 e. The fourth-order valence-electron chi connectivity index (χ4n) is 5.91. The summed E-state index contributed by atoms with van der Waals surface area (Å²) in [4.78, 5) is 0. The maximum atomic E-state index is 11.0. The first-order valence-corrected chi connectivity index (χ1v) is 18.9. The summed E-state index contributed by atoms with van der Waals surface area (Å²) in [7, 11) is 0. The number of ether oxygens (including phenoxy) is 4. The molecule has 1 aliphatic heterocycles. The quantitative estimate of drug-likeness (QED) is 0.0508. The molecule has 0 aromatic heterocycles. The summed E-state index contributed by atoms with van der Waals surface area (Å²) < 4.78 is 22.5. The molecule has 1 heterocycles. The number of hydrogen-bond donors (Lipinski definition) is 7. The van der Waals surface area contributed by atoms with E-state index in [2.05, 4.69) is 13.8 Å². The molecule has 0 aromatic carbocycles. The van der Waals surface area contributed by atoms with Gasteiger partial charge in [0, 0.05) is 13.2 Å². The van der Waals surface area contributed by atoms with Crippen molar-refractivity contribution in [2.75, 3.05) is 33.0 Å². The Kier molecular flexibility index (Phi) is 27.8. The van der Waals surface area contributed by atoms with E-state index in [-0.39, 0.29) is 19.8 Å². The van der Waals surface area contributed by atoms with Crippen LogP contribution in [0, 0.1) is 0 Å². The fraction of sp³-hybridized carbons (Fsp3) is 1.00. The van der Waals surface area contributed by atoms with Crippen molar-refractivity contribution < 1.29 is 54.7 Å². The van der Waals surface area contributed by atoms with E-state index in [0.717, 1.165) is 44.9 Å². The maximum Gasteiger partial charge on any atom is 0.186 e. The number of unbranched alkanes of at least 4 members (excludes halogenated alkanes) is 18. The van der Waals surface area contributed by atoms with Gasteiger partial charge in [0.25, 0.3) is 0 Å². The molecule has 0 aromatic rings. The van der Waals surface area contributed by atoms with Crippen molar-refractivity contribution in [1.29, 1.82) is 0 Å². The minimum atomic E-state index is -1.61. The van der Waals surface area contributed by atoms with E-state index in [0.29, 0.717) is 6.61 Å². The second-order valence-electron chi connectivity index (χ2n) is 13.4. The van der Waals surface area contributed by atoms with Crippen LogP contribution in [-0.4, -0.2) is 124 Å². The van der Waals surface area contributed by atoms with Crippen molar-refractivity contribution in [3.8, 4) is 0 Å². The zero-order chi connectivity index (χ0) is 34.7. The number of aliphatic hydroxyl groups excluding tert-OH is 7. The van der Waals surface area contributed by atoms with Gasteiger partial charge in [0.2, 0.25) is 0 Å². The van der Waals surface area contributed by atoms with Gasteiger partial charge in [-0.25, -0.2) is 0 Å². The van der Waals surface area contributed by atoms with E-state index in [1.165, 1.54) is 83.5 Å². The Labute approximate surface area is 285 Å². The second kappa shape index (κ2) is 29.3. The summed E-state index contributed by atoms with van der Waals surface area (Å²) in [6.07, 6.45) is 10.6. The first-order chi connectivity index (χ1) is 22.8. The van der Waals surface area contributed by atoms with Gasteiger partial charge in [-0.2, -0.15) is 0 Å². The van der Waals surface area contributed by atoms with Crippen LogP contribution in [0.1, 0.15) is 142 Å². The van der Waals surface area contributed by atoms with E-state index < -0.39 is 61.7 Å². The zero-order valence-corrected chi connectivity index (χ0v) is 29.6. The van der Waals surface area contributed by atoms with Gasteiger partial charge in [0.15, 0.2) is 6.29 Å². The Morgan fingerprint density at radius 1 is 0.553 bits per heavy atom. The van der Waals surface area contributed by atoms with Crippen LogP contribution in [0.5, 0.6) is 0 Å². The molecule has 0 spiro atoms. The largest absolute Gasteiger partial charge is 0.394 e. The lowest BCUT2D eigenvalue weighted by Gasteiger charge is -2.40. The van der Waals surface area contributed by atoms with Crippen molar-refractivity contribution in [1.82, 2.24) is 0 Å². The molecule has 0 aliphatic carbocycles. The van der Waals surface area contributed by atoms with Crippen LogP contribution >= 0.6 is 0 Å². The van der Waals surface area contributed by atoms with Crippen molar-refractivity contribution in [3.63, 3.8) is 0 Å². The van der Waals surface area contributed by atoms with Crippen molar-refractivity contribution in [3.05, 3.63) is 0 Å². The average Bonchev–Trinajstić information content (AvgIpc) is 3.07. The van der Waals surface area contributed by atoms with Gasteiger partial charge < -0.3 is 54.7 Å². The number of rotatable bonds is 32. The highest BCUT2D eigenvalue weighted by atomic mass is 16.7. The topological polar surface area (TPSA) is 179 Å². The maximum absolute atomic E-state index is 11.0. The summed E-state index contributed by atoms with van der Waals surface area (Å²) >= 11 is 0. The average molecular weight is 681 g/mol.